The van der Waals surface area contributed by atoms with Crippen molar-refractivity contribution < 1.29 is 31.1 Å². The molecule has 11 heteroatoms. The standard InChI is InChI=1S/C11H5BrF6N2OS/c12-9(10(13,14)15,11(16,17)18)7(21)20-8-19-5-3-1-2-4-6(5)22-8/h1-4H,(H,19,20,21). The van der Waals surface area contributed by atoms with Gasteiger partial charge in [0.25, 0.3) is 10.2 Å². The smallest absolute Gasteiger partial charge is 0.300 e. The van der Waals surface area contributed by atoms with E-state index in [1.807, 2.05) is 0 Å². The SMILES string of the molecule is O=C(Nc1nc2ccccc2s1)C(Br)(C(F)(F)F)C(F)(F)F. The number of hydrogen-bond donors (Lipinski definition) is 1. The molecule has 0 unspecified atom stereocenters. The van der Waals surface area contributed by atoms with E-state index in [0.717, 1.165) is 11.3 Å². The predicted molar refractivity (Wildman–Crippen MR) is 72.0 cm³/mol. The Labute approximate surface area is 131 Å². The van der Waals surface area contributed by atoms with Crippen molar-refractivity contribution in [3.8, 4) is 0 Å². The van der Waals surface area contributed by atoms with Gasteiger partial charge in [0.1, 0.15) is 0 Å². The van der Waals surface area contributed by atoms with Crippen LogP contribution in [0.4, 0.5) is 31.5 Å². The van der Waals surface area contributed by atoms with E-state index in [4.69, 9.17) is 0 Å². The van der Waals surface area contributed by atoms with Gasteiger partial charge in [-0.05, 0) is 12.1 Å². The quantitative estimate of drug-likeness (QED) is 0.589. The lowest BCUT2D eigenvalue weighted by Gasteiger charge is -2.30. The number of nitrogens with one attached hydrogen (secondary N) is 1. The van der Waals surface area contributed by atoms with Crippen LogP contribution in [0.3, 0.4) is 0 Å². The van der Waals surface area contributed by atoms with Crippen LogP contribution in [0.25, 0.3) is 10.2 Å². The van der Waals surface area contributed by atoms with E-state index in [-0.39, 0.29) is 5.13 Å². The summed E-state index contributed by atoms with van der Waals surface area (Å²) in [6, 6.07) is 6.29. The Hall–Kier alpha value is -1.36. The zero-order valence-electron chi connectivity index (χ0n) is 10.2. The van der Waals surface area contributed by atoms with E-state index in [9.17, 15) is 31.1 Å². The number of thiazole rings is 1. The van der Waals surface area contributed by atoms with Crippen LogP contribution in [-0.2, 0) is 4.79 Å². The summed E-state index contributed by atoms with van der Waals surface area (Å²) < 4.78 is 72.1. The van der Waals surface area contributed by atoms with Gasteiger partial charge in [-0.1, -0.05) is 39.4 Å². The monoisotopic (exact) mass is 406 g/mol. The first-order chi connectivity index (χ1) is 9.97. The molecule has 0 saturated carbocycles. The van der Waals surface area contributed by atoms with Gasteiger partial charge in [0.05, 0.1) is 10.2 Å². The fourth-order valence-corrected chi connectivity index (χ4v) is 2.49. The minimum absolute atomic E-state index is 0.349. The summed E-state index contributed by atoms with van der Waals surface area (Å²) in [5.41, 5.74) is 0.349. The third-order valence-electron chi connectivity index (χ3n) is 2.61. The summed E-state index contributed by atoms with van der Waals surface area (Å²) in [5, 5.41) is 1.21. The van der Waals surface area contributed by atoms with E-state index in [1.165, 1.54) is 22.0 Å². The summed E-state index contributed by atoms with van der Waals surface area (Å²) in [6.45, 7) is 0. The first kappa shape index (κ1) is 17.0. The Morgan fingerprint density at radius 3 is 2.14 bits per heavy atom. The van der Waals surface area contributed by atoms with Gasteiger partial charge in [-0.15, -0.1) is 0 Å². The number of nitrogens with zero attached hydrogens (tertiary/aromatic N) is 1. The van der Waals surface area contributed by atoms with Gasteiger partial charge in [0, 0.05) is 0 Å². The van der Waals surface area contributed by atoms with Crippen molar-refractivity contribution in [2.45, 2.75) is 16.7 Å². The number of carbonyl (C=O) groups excluding carboxylic acids is 1. The van der Waals surface area contributed by atoms with Gasteiger partial charge in [0.2, 0.25) is 0 Å². The van der Waals surface area contributed by atoms with Crippen molar-refractivity contribution in [1.82, 2.24) is 4.98 Å². The second-order valence-electron chi connectivity index (χ2n) is 4.09. The van der Waals surface area contributed by atoms with Gasteiger partial charge in [0.15, 0.2) is 5.13 Å². The molecule has 120 valence electrons. The highest BCUT2D eigenvalue weighted by Gasteiger charge is 2.74. The third-order valence-corrected chi connectivity index (χ3v) is 4.82. The molecule has 0 bridgehead atoms. The van der Waals surface area contributed by atoms with Crippen molar-refractivity contribution in [2.24, 2.45) is 0 Å². The molecule has 2 aromatic rings. The summed E-state index contributed by atoms with van der Waals surface area (Å²) in [4.78, 5) is 15.3. The summed E-state index contributed by atoms with van der Waals surface area (Å²) >= 11 is 2.27. The molecule has 22 heavy (non-hydrogen) atoms. The highest BCUT2D eigenvalue weighted by Crippen LogP contribution is 2.50. The topological polar surface area (TPSA) is 42.0 Å². The molecular formula is C11H5BrF6N2OS. The Morgan fingerprint density at radius 2 is 1.64 bits per heavy atom. The molecule has 0 aliphatic rings. The fraction of sp³-hybridized carbons (Fsp3) is 0.273. The largest absolute Gasteiger partial charge is 0.421 e. The molecule has 1 N–H and O–H groups in total. The number of para-hydroxylation sites is 1. The number of anilines is 1. The van der Waals surface area contributed by atoms with Crippen molar-refractivity contribution in [1.29, 1.82) is 0 Å². The average molecular weight is 407 g/mol. The van der Waals surface area contributed by atoms with Crippen LogP contribution < -0.4 is 5.32 Å². The second kappa shape index (κ2) is 5.37. The molecule has 1 amide bonds. The molecule has 0 radical (unpaired) electrons. The van der Waals surface area contributed by atoms with Crippen LogP contribution in [-0.4, -0.2) is 27.6 Å². The molecule has 1 aromatic carbocycles. The number of halogens is 7. The lowest BCUT2D eigenvalue weighted by molar-refractivity contribution is -0.253. The Morgan fingerprint density at radius 1 is 1.09 bits per heavy atom. The van der Waals surface area contributed by atoms with E-state index in [2.05, 4.69) is 4.98 Å². The molecule has 1 aromatic heterocycles. The first-order valence-corrected chi connectivity index (χ1v) is 7.07. The fourth-order valence-electron chi connectivity index (χ4n) is 1.53. The summed E-state index contributed by atoms with van der Waals surface area (Å²) in [6.07, 6.45) is -11.7. The minimum Gasteiger partial charge on any atom is -0.300 e. The predicted octanol–water partition coefficient (Wildman–Crippen LogP) is 4.49. The maximum Gasteiger partial charge on any atom is 0.421 e. The van der Waals surface area contributed by atoms with E-state index in [0.29, 0.717) is 10.2 Å². The van der Waals surface area contributed by atoms with Gasteiger partial charge in [-0.3, -0.25) is 4.79 Å². The number of carbonyl (C=O) groups is 1. The molecule has 0 saturated heterocycles. The van der Waals surface area contributed by atoms with Gasteiger partial charge >= 0.3 is 12.4 Å². The number of hydrogen-bond acceptors (Lipinski definition) is 3. The van der Waals surface area contributed by atoms with Gasteiger partial charge < -0.3 is 5.32 Å². The zero-order valence-corrected chi connectivity index (χ0v) is 12.6. The lowest BCUT2D eigenvalue weighted by Crippen LogP contribution is -2.59. The van der Waals surface area contributed by atoms with Crippen LogP contribution in [0.5, 0.6) is 0 Å². The number of alkyl halides is 7. The average Bonchev–Trinajstić information content (AvgIpc) is 2.76. The molecule has 3 nitrogen and oxygen atoms in total. The number of amides is 1. The van der Waals surface area contributed by atoms with Crippen LogP contribution in [0.2, 0.25) is 0 Å². The number of aromatic nitrogens is 1. The minimum atomic E-state index is -5.87. The maximum absolute atomic E-state index is 12.7. The summed E-state index contributed by atoms with van der Waals surface area (Å²) in [5.74, 6) is -2.30. The Bertz CT molecular complexity index is 663. The Kier molecular flexibility index (Phi) is 4.15. The van der Waals surface area contributed by atoms with Crippen molar-refractivity contribution in [2.75, 3.05) is 5.32 Å². The molecule has 1 heterocycles. The summed E-state index contributed by atoms with van der Waals surface area (Å²) in [7, 11) is 0. The van der Waals surface area contributed by atoms with Crippen molar-refractivity contribution >= 4 is 48.5 Å². The third kappa shape index (κ3) is 2.78. The first-order valence-electron chi connectivity index (χ1n) is 5.46. The lowest BCUT2D eigenvalue weighted by atomic mass is 10.1. The molecule has 0 aliphatic heterocycles. The molecule has 0 spiro atoms. The van der Waals surface area contributed by atoms with Crippen LogP contribution in [0.1, 0.15) is 0 Å². The van der Waals surface area contributed by atoms with Crippen LogP contribution in [0.15, 0.2) is 24.3 Å². The maximum atomic E-state index is 12.7. The normalized spacial score (nSPS) is 13.4. The van der Waals surface area contributed by atoms with Gasteiger partial charge in [-0.2, -0.15) is 26.3 Å². The van der Waals surface area contributed by atoms with Crippen molar-refractivity contribution in [3.63, 3.8) is 0 Å². The van der Waals surface area contributed by atoms with Crippen LogP contribution in [0, 0.1) is 0 Å². The molecule has 2 rings (SSSR count). The zero-order chi connectivity index (χ0) is 16.8. The van der Waals surface area contributed by atoms with E-state index < -0.39 is 22.6 Å². The Balaban J connectivity index is 2.36. The number of rotatable bonds is 2. The second-order valence-corrected chi connectivity index (χ2v) is 6.32. The van der Waals surface area contributed by atoms with Crippen molar-refractivity contribution in [3.05, 3.63) is 24.3 Å². The highest BCUT2D eigenvalue weighted by atomic mass is 79.9. The number of fused-ring (bicyclic) bond motifs is 1. The van der Waals surface area contributed by atoms with Crippen LogP contribution >= 0.6 is 27.3 Å². The molecule has 0 aliphatic carbocycles. The van der Waals surface area contributed by atoms with E-state index in [1.54, 1.807) is 23.5 Å². The molecule has 0 atom stereocenters. The number of benzene rings is 1. The van der Waals surface area contributed by atoms with E-state index >= 15 is 0 Å². The molecular weight excluding hydrogens is 402 g/mol. The van der Waals surface area contributed by atoms with Gasteiger partial charge in [-0.25, -0.2) is 4.98 Å². The highest BCUT2D eigenvalue weighted by molar-refractivity contribution is 9.10. The molecule has 0 fully saturated rings.